The molecule has 8 nitrogen and oxygen atoms in total. The van der Waals surface area contributed by atoms with Crippen molar-refractivity contribution < 1.29 is 23.1 Å². The first-order chi connectivity index (χ1) is 11.0. The molecule has 0 spiro atoms. The molecule has 3 rings (SSSR count). The molecular weight excluding hydrogens is 309 g/mol. The Bertz CT molecular complexity index is 827. The second-order valence-electron chi connectivity index (χ2n) is 5.04. The molecular formula is C14H14FN3O5. The lowest BCUT2D eigenvalue weighted by molar-refractivity contribution is -0.127. The van der Waals surface area contributed by atoms with Gasteiger partial charge in [-0.05, 0) is 12.1 Å². The van der Waals surface area contributed by atoms with E-state index in [-0.39, 0.29) is 13.1 Å². The Labute approximate surface area is 129 Å². The number of fused-ring (bicyclic) bond motifs is 1. The summed E-state index contributed by atoms with van der Waals surface area (Å²) in [6.45, 7) is -0.826. The number of carbonyl (C=O) groups excluding carboxylic acids is 2. The molecule has 0 saturated carbocycles. The number of halogens is 1. The highest BCUT2D eigenvalue weighted by molar-refractivity contribution is 5.96. The first-order valence-electron chi connectivity index (χ1n) is 6.92. The van der Waals surface area contributed by atoms with Crippen molar-refractivity contribution in [1.29, 1.82) is 0 Å². The number of hydrogen-bond donors (Lipinski definition) is 1. The van der Waals surface area contributed by atoms with Crippen LogP contribution in [0.3, 0.4) is 0 Å². The predicted molar refractivity (Wildman–Crippen MR) is 78.1 cm³/mol. The molecule has 0 radical (unpaired) electrons. The molecule has 122 valence electrons. The van der Waals surface area contributed by atoms with Crippen LogP contribution < -0.4 is 16.0 Å². The van der Waals surface area contributed by atoms with E-state index in [0.29, 0.717) is 16.8 Å². The molecule has 0 aliphatic carbocycles. The zero-order valence-corrected chi connectivity index (χ0v) is 12.2. The summed E-state index contributed by atoms with van der Waals surface area (Å²) in [5.41, 5.74) is 1.36. The summed E-state index contributed by atoms with van der Waals surface area (Å²) in [6.07, 6.45) is -1.70. The molecule has 2 heterocycles. The normalized spacial score (nSPS) is 17.6. The second-order valence-corrected chi connectivity index (χ2v) is 5.04. The van der Waals surface area contributed by atoms with Crippen LogP contribution in [-0.2, 0) is 16.6 Å². The highest BCUT2D eigenvalue weighted by Crippen LogP contribution is 2.25. The number of oxazole rings is 1. The number of aryl methyl sites for hydroxylation is 1. The van der Waals surface area contributed by atoms with E-state index in [9.17, 15) is 18.8 Å². The Morgan fingerprint density at radius 2 is 2.22 bits per heavy atom. The third kappa shape index (κ3) is 2.65. The number of nitrogens with zero attached hydrogens (tertiary/aromatic N) is 2. The maximum atomic E-state index is 12.1. The molecule has 0 bridgehead atoms. The molecule has 23 heavy (non-hydrogen) atoms. The summed E-state index contributed by atoms with van der Waals surface area (Å²) in [6, 6.07) is 4.79. The van der Waals surface area contributed by atoms with Gasteiger partial charge in [-0.15, -0.1) is 0 Å². The van der Waals surface area contributed by atoms with Crippen LogP contribution in [0.1, 0.15) is 0 Å². The minimum atomic E-state index is -1.01. The van der Waals surface area contributed by atoms with Crippen LogP contribution in [-0.4, -0.2) is 42.4 Å². The quantitative estimate of drug-likeness (QED) is 0.886. The molecule has 1 aromatic heterocycles. The summed E-state index contributed by atoms with van der Waals surface area (Å²) in [4.78, 5) is 36.4. The minimum absolute atomic E-state index is 0.000471. The van der Waals surface area contributed by atoms with Gasteiger partial charge in [0.2, 0.25) is 0 Å². The lowest BCUT2D eigenvalue weighted by atomic mass is 10.2. The Kier molecular flexibility index (Phi) is 3.77. The lowest BCUT2D eigenvalue weighted by Gasteiger charge is -2.12. The van der Waals surface area contributed by atoms with Crippen molar-refractivity contribution in [3.8, 4) is 0 Å². The highest BCUT2D eigenvalue weighted by Gasteiger charge is 2.37. The van der Waals surface area contributed by atoms with E-state index in [1.165, 1.54) is 15.5 Å². The van der Waals surface area contributed by atoms with Crippen LogP contribution in [0, 0.1) is 0 Å². The highest BCUT2D eigenvalue weighted by atomic mass is 19.1. The number of ether oxygens (including phenoxy) is 1. The number of aromatic nitrogens is 1. The first kappa shape index (κ1) is 15.1. The topological polar surface area (TPSA) is 93.8 Å². The van der Waals surface area contributed by atoms with Gasteiger partial charge in [-0.25, -0.2) is 14.0 Å². The molecule has 1 aromatic carbocycles. The van der Waals surface area contributed by atoms with E-state index >= 15 is 0 Å². The summed E-state index contributed by atoms with van der Waals surface area (Å²) in [7, 11) is 1.57. The molecule has 2 amide bonds. The Hall–Kier alpha value is -2.84. The number of anilines is 1. The van der Waals surface area contributed by atoms with Gasteiger partial charge in [0.1, 0.15) is 6.67 Å². The van der Waals surface area contributed by atoms with Gasteiger partial charge in [-0.1, -0.05) is 0 Å². The monoisotopic (exact) mass is 323 g/mol. The molecule has 9 heteroatoms. The maximum Gasteiger partial charge on any atom is 0.419 e. The smallest absolute Gasteiger partial charge is 0.419 e. The third-order valence-electron chi connectivity index (χ3n) is 3.59. The van der Waals surface area contributed by atoms with Crippen LogP contribution in [0.15, 0.2) is 27.4 Å². The zero-order chi connectivity index (χ0) is 16.6. The van der Waals surface area contributed by atoms with Crippen molar-refractivity contribution in [3.63, 3.8) is 0 Å². The Morgan fingerprint density at radius 1 is 1.43 bits per heavy atom. The van der Waals surface area contributed by atoms with Crippen LogP contribution in [0.25, 0.3) is 11.1 Å². The number of amides is 2. The van der Waals surface area contributed by atoms with Crippen LogP contribution in [0.2, 0.25) is 0 Å². The summed E-state index contributed by atoms with van der Waals surface area (Å²) < 4.78 is 23.5. The molecule has 2 aromatic rings. The number of alkyl halides is 1. The molecule has 1 saturated heterocycles. The summed E-state index contributed by atoms with van der Waals surface area (Å²) in [5, 5.41) is 2.33. The number of cyclic esters (lactones) is 1. The van der Waals surface area contributed by atoms with Crippen molar-refractivity contribution in [1.82, 2.24) is 9.88 Å². The minimum Gasteiger partial charge on any atom is -0.434 e. The zero-order valence-electron chi connectivity index (χ0n) is 12.2. The van der Waals surface area contributed by atoms with Crippen molar-refractivity contribution in [3.05, 3.63) is 28.7 Å². The standard InChI is InChI=1S/C14H14FN3O5/c1-17-9-3-2-8(6-10(9)22-13(17)20)18-7-11(23-14(18)21)12(19)16-5-4-15/h2-3,6,11H,4-5,7H2,1H3,(H,16,19)/t11-/m1/s1. The fraction of sp³-hybridized carbons (Fsp3) is 0.357. The van der Waals surface area contributed by atoms with Gasteiger partial charge in [0, 0.05) is 19.7 Å². The van der Waals surface area contributed by atoms with Gasteiger partial charge in [0.15, 0.2) is 11.7 Å². The fourth-order valence-corrected chi connectivity index (χ4v) is 2.38. The molecule has 1 N–H and O–H groups in total. The number of carbonyl (C=O) groups is 2. The Balaban J connectivity index is 1.83. The average Bonchev–Trinajstić information content (AvgIpc) is 3.05. The van der Waals surface area contributed by atoms with Gasteiger partial charge in [-0.2, -0.15) is 0 Å². The molecule has 1 atom stereocenters. The van der Waals surface area contributed by atoms with Crippen molar-refractivity contribution in [2.45, 2.75) is 6.10 Å². The number of nitrogens with one attached hydrogen (secondary N) is 1. The molecule has 1 aliphatic rings. The average molecular weight is 323 g/mol. The fourth-order valence-electron chi connectivity index (χ4n) is 2.38. The number of hydrogen-bond acceptors (Lipinski definition) is 5. The van der Waals surface area contributed by atoms with E-state index in [2.05, 4.69) is 5.32 Å². The van der Waals surface area contributed by atoms with Crippen LogP contribution >= 0.6 is 0 Å². The SMILES string of the molecule is Cn1c(=O)oc2cc(N3C[C@H](C(=O)NCCF)OC3=O)ccc21. The molecule has 1 fully saturated rings. The van der Waals surface area contributed by atoms with E-state index in [4.69, 9.17) is 9.15 Å². The lowest BCUT2D eigenvalue weighted by Crippen LogP contribution is -2.38. The van der Waals surface area contributed by atoms with E-state index in [0.717, 1.165) is 0 Å². The van der Waals surface area contributed by atoms with Crippen molar-refractivity contribution >= 4 is 28.8 Å². The summed E-state index contributed by atoms with van der Waals surface area (Å²) in [5.74, 6) is -1.06. The molecule has 1 aliphatic heterocycles. The van der Waals surface area contributed by atoms with Gasteiger partial charge in [0.05, 0.1) is 17.7 Å². The van der Waals surface area contributed by atoms with Crippen LogP contribution in [0.5, 0.6) is 0 Å². The van der Waals surface area contributed by atoms with E-state index < -0.39 is 30.5 Å². The predicted octanol–water partition coefficient (Wildman–Crippen LogP) is 0.542. The first-order valence-corrected chi connectivity index (χ1v) is 6.92. The maximum absolute atomic E-state index is 12.1. The van der Waals surface area contributed by atoms with Gasteiger partial charge in [0.25, 0.3) is 5.91 Å². The number of benzene rings is 1. The largest absolute Gasteiger partial charge is 0.434 e. The number of rotatable bonds is 4. The Morgan fingerprint density at radius 3 is 2.96 bits per heavy atom. The molecule has 0 unspecified atom stereocenters. The van der Waals surface area contributed by atoms with Crippen molar-refractivity contribution in [2.75, 3.05) is 24.7 Å². The summed E-state index contributed by atoms with van der Waals surface area (Å²) >= 11 is 0. The van der Waals surface area contributed by atoms with Crippen molar-refractivity contribution in [2.24, 2.45) is 7.05 Å². The second kappa shape index (κ2) is 5.75. The van der Waals surface area contributed by atoms with Crippen LogP contribution in [0.4, 0.5) is 14.9 Å². The van der Waals surface area contributed by atoms with E-state index in [1.54, 1.807) is 19.2 Å². The van der Waals surface area contributed by atoms with Gasteiger partial charge < -0.3 is 14.5 Å². The van der Waals surface area contributed by atoms with Gasteiger partial charge >= 0.3 is 11.8 Å². The third-order valence-corrected chi connectivity index (χ3v) is 3.59. The van der Waals surface area contributed by atoms with Gasteiger partial charge in [-0.3, -0.25) is 14.3 Å². The van der Waals surface area contributed by atoms with E-state index in [1.807, 2.05) is 0 Å².